The van der Waals surface area contributed by atoms with Crippen LogP contribution in [0.4, 0.5) is 5.69 Å². The van der Waals surface area contributed by atoms with Crippen LogP contribution >= 0.6 is 11.6 Å². The lowest BCUT2D eigenvalue weighted by molar-refractivity contribution is 0.349. The summed E-state index contributed by atoms with van der Waals surface area (Å²) in [7, 11) is 1.74. The molecule has 0 spiro atoms. The Labute approximate surface area is 131 Å². The van der Waals surface area contributed by atoms with Crippen molar-refractivity contribution in [1.82, 2.24) is 0 Å². The summed E-state index contributed by atoms with van der Waals surface area (Å²) < 4.78 is 5.45. The van der Waals surface area contributed by atoms with E-state index in [1.807, 2.05) is 24.3 Å². The summed E-state index contributed by atoms with van der Waals surface area (Å²) in [4.78, 5) is 0. The molecule has 0 amide bonds. The summed E-state index contributed by atoms with van der Waals surface area (Å²) in [5, 5.41) is 4.38. The molecule has 1 aliphatic rings. The molecule has 1 aliphatic carbocycles. The topological polar surface area (TPSA) is 21.3 Å². The van der Waals surface area contributed by atoms with Gasteiger partial charge in [-0.15, -0.1) is 0 Å². The number of anilines is 1. The number of para-hydroxylation sites is 2. The van der Waals surface area contributed by atoms with Crippen molar-refractivity contribution < 1.29 is 4.74 Å². The second-order valence-corrected chi connectivity index (χ2v) is 6.09. The van der Waals surface area contributed by atoms with Gasteiger partial charge in [0.1, 0.15) is 5.75 Å². The van der Waals surface area contributed by atoms with E-state index < -0.39 is 0 Å². The van der Waals surface area contributed by atoms with Gasteiger partial charge in [0, 0.05) is 6.04 Å². The Morgan fingerprint density at radius 2 is 1.86 bits per heavy atom. The van der Waals surface area contributed by atoms with Crippen LogP contribution in [-0.4, -0.2) is 13.2 Å². The van der Waals surface area contributed by atoms with Gasteiger partial charge >= 0.3 is 0 Å². The van der Waals surface area contributed by atoms with Gasteiger partial charge in [-0.3, -0.25) is 0 Å². The molecule has 3 heteroatoms. The number of nitrogens with one attached hydrogen (secondary N) is 1. The number of hydrogen-bond acceptors (Lipinski definition) is 2. The molecule has 2 aromatic rings. The molecule has 0 radical (unpaired) electrons. The average Bonchev–Trinajstić information content (AvgIpc) is 2.45. The SMILES string of the molecule is COc1ccccc1C1CC(Nc2c(C)cccc2Cl)C1. The Balaban J connectivity index is 1.66. The highest BCUT2D eigenvalue weighted by Gasteiger charge is 2.32. The molecule has 0 bridgehead atoms. The molecular formula is C18H20ClNO. The van der Waals surface area contributed by atoms with Gasteiger partial charge in [0.2, 0.25) is 0 Å². The number of rotatable bonds is 4. The normalized spacial score (nSPS) is 20.7. The molecule has 1 fully saturated rings. The van der Waals surface area contributed by atoms with Crippen LogP contribution in [0.3, 0.4) is 0 Å². The van der Waals surface area contributed by atoms with Crippen LogP contribution < -0.4 is 10.1 Å². The third-order valence-corrected chi connectivity index (χ3v) is 4.60. The zero-order valence-electron chi connectivity index (χ0n) is 12.4. The van der Waals surface area contributed by atoms with Gasteiger partial charge in [0.15, 0.2) is 0 Å². The van der Waals surface area contributed by atoms with E-state index in [0.717, 1.165) is 29.3 Å². The van der Waals surface area contributed by atoms with Crippen molar-refractivity contribution >= 4 is 17.3 Å². The number of methoxy groups -OCH3 is 1. The Hall–Kier alpha value is -1.67. The average molecular weight is 302 g/mol. The first-order valence-corrected chi connectivity index (χ1v) is 7.71. The van der Waals surface area contributed by atoms with Crippen LogP contribution in [0.1, 0.15) is 29.9 Å². The third-order valence-electron chi connectivity index (χ3n) is 4.29. The van der Waals surface area contributed by atoms with Crippen molar-refractivity contribution in [3.63, 3.8) is 0 Å². The summed E-state index contributed by atoms with van der Waals surface area (Å²) >= 11 is 6.27. The highest BCUT2D eigenvalue weighted by atomic mass is 35.5. The zero-order valence-corrected chi connectivity index (χ0v) is 13.2. The molecule has 3 rings (SSSR count). The number of hydrogen-bond donors (Lipinski definition) is 1. The quantitative estimate of drug-likeness (QED) is 0.856. The van der Waals surface area contributed by atoms with Gasteiger partial charge in [0.25, 0.3) is 0 Å². The van der Waals surface area contributed by atoms with Gasteiger partial charge in [0.05, 0.1) is 17.8 Å². The molecule has 21 heavy (non-hydrogen) atoms. The van der Waals surface area contributed by atoms with E-state index in [-0.39, 0.29) is 0 Å². The summed E-state index contributed by atoms with van der Waals surface area (Å²) in [6, 6.07) is 14.8. The number of benzene rings is 2. The zero-order chi connectivity index (χ0) is 14.8. The smallest absolute Gasteiger partial charge is 0.122 e. The van der Waals surface area contributed by atoms with Crippen molar-refractivity contribution in [2.75, 3.05) is 12.4 Å². The monoisotopic (exact) mass is 301 g/mol. The second kappa shape index (κ2) is 5.98. The maximum absolute atomic E-state index is 6.27. The summed E-state index contributed by atoms with van der Waals surface area (Å²) in [6.45, 7) is 2.09. The maximum atomic E-state index is 6.27. The molecule has 1 N–H and O–H groups in total. The van der Waals surface area contributed by atoms with Crippen molar-refractivity contribution in [2.24, 2.45) is 0 Å². The Kier molecular flexibility index (Phi) is 4.07. The molecule has 110 valence electrons. The van der Waals surface area contributed by atoms with Crippen LogP contribution in [0, 0.1) is 6.92 Å². The largest absolute Gasteiger partial charge is 0.496 e. The van der Waals surface area contributed by atoms with E-state index in [1.54, 1.807) is 7.11 Å². The van der Waals surface area contributed by atoms with Crippen molar-refractivity contribution in [3.05, 3.63) is 58.6 Å². The fourth-order valence-corrected chi connectivity index (χ4v) is 3.29. The van der Waals surface area contributed by atoms with E-state index in [4.69, 9.17) is 16.3 Å². The first-order valence-electron chi connectivity index (χ1n) is 7.33. The molecule has 2 aromatic carbocycles. The van der Waals surface area contributed by atoms with Crippen molar-refractivity contribution in [1.29, 1.82) is 0 Å². The van der Waals surface area contributed by atoms with E-state index in [9.17, 15) is 0 Å². The predicted octanol–water partition coefficient (Wildman–Crippen LogP) is 5.02. The summed E-state index contributed by atoms with van der Waals surface area (Å²) in [5.41, 5.74) is 3.58. The molecule has 2 nitrogen and oxygen atoms in total. The van der Waals surface area contributed by atoms with Crippen molar-refractivity contribution in [2.45, 2.75) is 31.7 Å². The summed E-state index contributed by atoms with van der Waals surface area (Å²) in [6.07, 6.45) is 2.23. The molecular weight excluding hydrogens is 282 g/mol. The van der Waals surface area contributed by atoms with E-state index in [2.05, 4.69) is 30.4 Å². The van der Waals surface area contributed by atoms with Crippen LogP contribution in [0.5, 0.6) is 5.75 Å². The van der Waals surface area contributed by atoms with E-state index >= 15 is 0 Å². The second-order valence-electron chi connectivity index (χ2n) is 5.68. The van der Waals surface area contributed by atoms with E-state index in [0.29, 0.717) is 12.0 Å². The van der Waals surface area contributed by atoms with Gasteiger partial charge in [-0.1, -0.05) is 41.9 Å². The number of halogens is 1. The minimum Gasteiger partial charge on any atom is -0.496 e. The standard InChI is InChI=1S/C18H20ClNO/c1-12-6-5-8-16(19)18(12)20-14-10-13(11-14)15-7-3-4-9-17(15)21-2/h3-9,13-14,20H,10-11H2,1-2H3. The molecule has 0 unspecified atom stereocenters. The fourth-order valence-electron chi connectivity index (χ4n) is 3.01. The minimum atomic E-state index is 0.485. The Bertz CT molecular complexity index is 615. The number of aryl methyl sites for hydroxylation is 1. The van der Waals surface area contributed by atoms with E-state index in [1.165, 1.54) is 11.1 Å². The van der Waals surface area contributed by atoms with Crippen LogP contribution in [0.25, 0.3) is 0 Å². The Morgan fingerprint density at radius 3 is 2.57 bits per heavy atom. The summed E-state index contributed by atoms with van der Waals surface area (Å²) in [5.74, 6) is 1.57. The van der Waals surface area contributed by atoms with Gasteiger partial charge in [-0.05, 0) is 48.9 Å². The fraction of sp³-hybridized carbons (Fsp3) is 0.333. The highest BCUT2D eigenvalue weighted by Crippen LogP contribution is 2.43. The van der Waals surface area contributed by atoms with Crippen LogP contribution in [-0.2, 0) is 0 Å². The molecule has 0 aromatic heterocycles. The molecule has 0 aliphatic heterocycles. The lowest BCUT2D eigenvalue weighted by atomic mass is 9.75. The lowest BCUT2D eigenvalue weighted by Gasteiger charge is -2.38. The Morgan fingerprint density at radius 1 is 1.10 bits per heavy atom. The molecule has 1 saturated carbocycles. The molecule has 0 heterocycles. The van der Waals surface area contributed by atoms with Gasteiger partial charge in [-0.2, -0.15) is 0 Å². The van der Waals surface area contributed by atoms with Crippen LogP contribution in [0.2, 0.25) is 5.02 Å². The third kappa shape index (κ3) is 2.86. The predicted molar refractivity (Wildman–Crippen MR) is 88.6 cm³/mol. The lowest BCUT2D eigenvalue weighted by Crippen LogP contribution is -2.34. The van der Waals surface area contributed by atoms with Crippen LogP contribution in [0.15, 0.2) is 42.5 Å². The minimum absolute atomic E-state index is 0.485. The van der Waals surface area contributed by atoms with Gasteiger partial charge in [-0.25, -0.2) is 0 Å². The highest BCUT2D eigenvalue weighted by molar-refractivity contribution is 6.33. The first-order chi connectivity index (χ1) is 10.2. The van der Waals surface area contributed by atoms with Gasteiger partial charge < -0.3 is 10.1 Å². The number of ether oxygens (including phenoxy) is 1. The molecule has 0 saturated heterocycles. The molecule has 0 atom stereocenters. The van der Waals surface area contributed by atoms with Crippen molar-refractivity contribution in [3.8, 4) is 5.75 Å². The maximum Gasteiger partial charge on any atom is 0.122 e. The first kappa shape index (κ1) is 14.3.